The predicted octanol–water partition coefficient (Wildman–Crippen LogP) is 2.40. The molecule has 3 aromatic rings. The lowest BCUT2D eigenvalue weighted by Gasteiger charge is -2.18. The number of benzene rings is 2. The first-order chi connectivity index (χ1) is 10.2. The first-order valence-electron chi connectivity index (χ1n) is 6.60. The summed E-state index contributed by atoms with van der Waals surface area (Å²) in [7, 11) is 0. The number of hydrogen-bond donors (Lipinski definition) is 3. The predicted molar refractivity (Wildman–Crippen MR) is 83.3 cm³/mol. The molecule has 0 amide bonds. The SMILES string of the molecule is NC1=N[C@H](c2ccc(Cl)cc2)[n+]2c([nH]c3ccccc32)N1. The molecule has 0 aliphatic carbocycles. The van der Waals surface area contributed by atoms with Gasteiger partial charge >= 0.3 is 5.95 Å². The Morgan fingerprint density at radius 2 is 1.86 bits per heavy atom. The Hall–Kier alpha value is -2.53. The average molecular weight is 299 g/mol. The molecule has 6 heteroatoms. The number of nitrogens with two attached hydrogens (primary N) is 1. The molecule has 104 valence electrons. The van der Waals surface area contributed by atoms with Gasteiger partial charge in [0.05, 0.1) is 0 Å². The highest BCUT2D eigenvalue weighted by atomic mass is 35.5. The molecule has 0 saturated carbocycles. The van der Waals surface area contributed by atoms with Gasteiger partial charge in [-0.25, -0.2) is 14.9 Å². The summed E-state index contributed by atoms with van der Waals surface area (Å²) < 4.78 is 2.09. The van der Waals surface area contributed by atoms with E-state index in [2.05, 4.69) is 25.9 Å². The van der Waals surface area contributed by atoms with Crippen molar-refractivity contribution in [1.82, 2.24) is 4.98 Å². The van der Waals surface area contributed by atoms with E-state index in [4.69, 9.17) is 17.3 Å². The second kappa shape index (κ2) is 4.49. The van der Waals surface area contributed by atoms with Gasteiger partial charge < -0.3 is 5.73 Å². The van der Waals surface area contributed by atoms with Crippen LogP contribution in [-0.4, -0.2) is 10.9 Å². The summed E-state index contributed by atoms with van der Waals surface area (Å²) in [4.78, 5) is 7.85. The minimum absolute atomic E-state index is 0.213. The lowest BCUT2D eigenvalue weighted by Crippen LogP contribution is -2.48. The summed E-state index contributed by atoms with van der Waals surface area (Å²) in [6, 6.07) is 15.7. The van der Waals surface area contributed by atoms with E-state index in [1.807, 2.05) is 42.5 Å². The zero-order chi connectivity index (χ0) is 14.4. The number of aromatic amines is 1. The average Bonchev–Trinajstić information content (AvgIpc) is 2.85. The van der Waals surface area contributed by atoms with Crippen molar-refractivity contribution in [1.29, 1.82) is 0 Å². The fourth-order valence-corrected chi connectivity index (χ4v) is 2.77. The first kappa shape index (κ1) is 12.2. The number of aromatic nitrogens is 2. The molecular weight excluding hydrogens is 286 g/mol. The number of aliphatic imine (C=N–C) groups is 1. The number of hydrogen-bond acceptors (Lipinski definition) is 3. The molecule has 5 nitrogen and oxygen atoms in total. The van der Waals surface area contributed by atoms with Crippen LogP contribution in [0.3, 0.4) is 0 Å². The molecule has 0 saturated heterocycles. The fourth-order valence-electron chi connectivity index (χ4n) is 2.64. The number of guanidine groups is 1. The minimum Gasteiger partial charge on any atom is -0.357 e. The van der Waals surface area contributed by atoms with Gasteiger partial charge in [0.1, 0.15) is 11.0 Å². The molecule has 0 spiro atoms. The second-order valence-corrected chi connectivity index (χ2v) is 5.36. The van der Waals surface area contributed by atoms with E-state index in [-0.39, 0.29) is 6.17 Å². The number of halogens is 1. The van der Waals surface area contributed by atoms with Crippen molar-refractivity contribution < 1.29 is 4.57 Å². The van der Waals surface area contributed by atoms with Crippen LogP contribution in [0.1, 0.15) is 11.7 Å². The van der Waals surface area contributed by atoms with E-state index >= 15 is 0 Å². The third-order valence-electron chi connectivity index (χ3n) is 3.58. The molecule has 21 heavy (non-hydrogen) atoms. The van der Waals surface area contributed by atoms with Crippen LogP contribution < -0.4 is 15.6 Å². The van der Waals surface area contributed by atoms with Crippen LogP contribution in [0.4, 0.5) is 5.95 Å². The van der Waals surface area contributed by atoms with Crippen LogP contribution in [0.25, 0.3) is 11.0 Å². The molecule has 1 aromatic heterocycles. The van der Waals surface area contributed by atoms with Gasteiger partial charge in [0.2, 0.25) is 6.17 Å². The van der Waals surface area contributed by atoms with E-state index in [9.17, 15) is 0 Å². The summed E-state index contributed by atoms with van der Waals surface area (Å²) in [6.45, 7) is 0. The van der Waals surface area contributed by atoms with Crippen molar-refractivity contribution in [3.05, 3.63) is 59.1 Å². The van der Waals surface area contributed by atoms with Gasteiger partial charge in [-0.1, -0.05) is 35.9 Å². The highest BCUT2D eigenvalue weighted by Crippen LogP contribution is 2.24. The Kier molecular flexibility index (Phi) is 2.62. The Labute approximate surface area is 126 Å². The molecule has 2 heterocycles. The van der Waals surface area contributed by atoms with Crippen molar-refractivity contribution in [2.24, 2.45) is 10.7 Å². The summed E-state index contributed by atoms with van der Waals surface area (Å²) in [5, 5.41) is 3.77. The number of rotatable bonds is 1. The van der Waals surface area contributed by atoms with E-state index in [0.29, 0.717) is 11.0 Å². The number of nitrogens with zero attached hydrogens (tertiary/aromatic N) is 2. The van der Waals surface area contributed by atoms with Crippen molar-refractivity contribution >= 4 is 34.5 Å². The molecule has 0 radical (unpaired) electrons. The third-order valence-corrected chi connectivity index (χ3v) is 3.83. The monoisotopic (exact) mass is 298 g/mol. The van der Waals surface area contributed by atoms with E-state index in [0.717, 1.165) is 22.5 Å². The number of nitrogens with one attached hydrogen (secondary N) is 2. The number of fused-ring (bicyclic) bond motifs is 3. The van der Waals surface area contributed by atoms with E-state index in [1.165, 1.54) is 0 Å². The van der Waals surface area contributed by atoms with Crippen LogP contribution in [0.2, 0.25) is 5.02 Å². The van der Waals surface area contributed by atoms with Gasteiger partial charge in [-0.05, 0) is 24.3 Å². The maximum Gasteiger partial charge on any atom is 0.365 e. The Bertz CT molecular complexity index is 850. The largest absolute Gasteiger partial charge is 0.365 e. The number of imidazole rings is 1. The molecule has 2 aromatic carbocycles. The first-order valence-corrected chi connectivity index (χ1v) is 6.98. The highest BCUT2D eigenvalue weighted by molar-refractivity contribution is 6.30. The summed E-state index contributed by atoms with van der Waals surface area (Å²) >= 11 is 5.97. The van der Waals surface area contributed by atoms with Gasteiger partial charge in [0.25, 0.3) is 5.96 Å². The highest BCUT2D eigenvalue weighted by Gasteiger charge is 2.30. The van der Waals surface area contributed by atoms with Crippen molar-refractivity contribution in [3.8, 4) is 0 Å². The number of H-pyrrole nitrogens is 1. The van der Waals surface area contributed by atoms with Crippen LogP contribution in [0.15, 0.2) is 53.5 Å². The van der Waals surface area contributed by atoms with Gasteiger partial charge in [-0.2, -0.15) is 4.99 Å². The maximum absolute atomic E-state index is 5.97. The molecule has 0 bridgehead atoms. The van der Waals surface area contributed by atoms with Gasteiger partial charge in [-0.3, -0.25) is 0 Å². The number of para-hydroxylation sites is 2. The van der Waals surface area contributed by atoms with E-state index < -0.39 is 0 Å². The topological polar surface area (TPSA) is 70.1 Å². The normalized spacial score (nSPS) is 17.2. The van der Waals surface area contributed by atoms with Crippen LogP contribution in [-0.2, 0) is 0 Å². The Morgan fingerprint density at radius 3 is 2.67 bits per heavy atom. The fraction of sp³-hybridized carbons (Fsp3) is 0.0667. The molecule has 1 atom stereocenters. The maximum atomic E-state index is 5.97. The van der Waals surface area contributed by atoms with Crippen molar-refractivity contribution in [2.45, 2.75) is 6.17 Å². The van der Waals surface area contributed by atoms with Gasteiger partial charge in [0.15, 0.2) is 0 Å². The molecule has 4 N–H and O–H groups in total. The van der Waals surface area contributed by atoms with Crippen LogP contribution in [0, 0.1) is 0 Å². The molecule has 0 unspecified atom stereocenters. The molecule has 0 fully saturated rings. The lowest BCUT2D eigenvalue weighted by atomic mass is 10.1. The van der Waals surface area contributed by atoms with Gasteiger partial charge in [0, 0.05) is 10.6 Å². The Morgan fingerprint density at radius 1 is 1.10 bits per heavy atom. The molecule has 1 aliphatic rings. The molecule has 4 rings (SSSR count). The zero-order valence-electron chi connectivity index (χ0n) is 11.0. The smallest absolute Gasteiger partial charge is 0.357 e. The molecular formula is C15H13ClN5+. The summed E-state index contributed by atoms with van der Waals surface area (Å²) in [5.74, 6) is 1.21. The number of anilines is 1. The van der Waals surface area contributed by atoms with Crippen molar-refractivity contribution in [2.75, 3.05) is 5.32 Å². The minimum atomic E-state index is -0.213. The van der Waals surface area contributed by atoms with Crippen LogP contribution >= 0.6 is 11.6 Å². The third kappa shape index (κ3) is 1.94. The standard InChI is InChI=1S/C15H12ClN5/c16-10-7-5-9(6-8-10)13-19-14(17)20-15-18-11-3-1-2-4-12(11)21(13)15/h1-8,13H,(H3,17,18,19,20)/p+1/t13-/m0/s1. The van der Waals surface area contributed by atoms with Crippen molar-refractivity contribution in [3.63, 3.8) is 0 Å². The zero-order valence-corrected chi connectivity index (χ0v) is 11.8. The lowest BCUT2D eigenvalue weighted by molar-refractivity contribution is -0.674. The second-order valence-electron chi connectivity index (χ2n) is 4.93. The summed E-state index contributed by atoms with van der Waals surface area (Å²) in [5.41, 5.74) is 9.03. The molecule has 1 aliphatic heterocycles. The van der Waals surface area contributed by atoms with Gasteiger partial charge in [-0.15, -0.1) is 0 Å². The summed E-state index contributed by atoms with van der Waals surface area (Å²) in [6.07, 6.45) is -0.213. The van der Waals surface area contributed by atoms with E-state index in [1.54, 1.807) is 0 Å². The quantitative estimate of drug-likeness (QED) is 0.604. The Balaban J connectivity index is 1.95. The van der Waals surface area contributed by atoms with Crippen LogP contribution in [0.5, 0.6) is 0 Å².